The number of hydrogen-bond donors (Lipinski definition) is 1. The van der Waals surface area contributed by atoms with Crippen LogP contribution in [0.1, 0.15) is 51.0 Å². The van der Waals surface area contributed by atoms with Crippen molar-refractivity contribution in [3.63, 3.8) is 0 Å². The minimum atomic E-state index is -0.323. The zero-order chi connectivity index (χ0) is 23.8. The van der Waals surface area contributed by atoms with Gasteiger partial charge in [-0.3, -0.25) is 4.79 Å². The Morgan fingerprint density at radius 3 is 2.56 bits per heavy atom. The van der Waals surface area contributed by atoms with E-state index in [1.54, 1.807) is 10.8 Å². The second kappa shape index (κ2) is 11.3. The number of amides is 1. The van der Waals surface area contributed by atoms with E-state index in [2.05, 4.69) is 18.3 Å². The summed E-state index contributed by atoms with van der Waals surface area (Å²) in [6, 6.07) is 19.8. The van der Waals surface area contributed by atoms with E-state index < -0.39 is 0 Å². The number of carbonyl (C=O) groups is 1. The Morgan fingerprint density at radius 1 is 1.15 bits per heavy atom. The number of aromatic nitrogens is 2. The topological polar surface area (TPSA) is 79.9 Å². The molecule has 1 aliphatic carbocycles. The number of nitriles is 1. The lowest BCUT2D eigenvalue weighted by atomic mass is 9.95. The average Bonchev–Trinajstić information content (AvgIpc) is 3.31. The Labute approximate surface area is 200 Å². The maximum atomic E-state index is 12.9. The van der Waals surface area contributed by atoms with Gasteiger partial charge in [0.2, 0.25) is 0 Å². The number of nitrogens with one attached hydrogen (secondary N) is 1. The number of ether oxygens (including phenoxy) is 1. The monoisotopic (exact) mass is 454 g/mol. The molecule has 3 aromatic rings. The highest BCUT2D eigenvalue weighted by atomic mass is 16.5. The second-order valence-electron chi connectivity index (χ2n) is 8.56. The van der Waals surface area contributed by atoms with Crippen LogP contribution in [-0.2, 0) is 4.79 Å². The lowest BCUT2D eigenvalue weighted by Gasteiger charge is -2.22. The third kappa shape index (κ3) is 5.74. The Kier molecular flexibility index (Phi) is 7.77. The van der Waals surface area contributed by atoms with E-state index in [4.69, 9.17) is 9.84 Å². The van der Waals surface area contributed by atoms with Crippen LogP contribution < -0.4 is 10.1 Å². The van der Waals surface area contributed by atoms with Crippen molar-refractivity contribution in [3.8, 4) is 28.8 Å². The van der Waals surface area contributed by atoms with Gasteiger partial charge in [-0.1, -0.05) is 44.4 Å². The zero-order valence-electron chi connectivity index (χ0n) is 19.5. The largest absolute Gasteiger partial charge is 0.494 e. The van der Waals surface area contributed by atoms with Gasteiger partial charge in [0, 0.05) is 23.4 Å². The molecule has 2 aromatic carbocycles. The second-order valence-corrected chi connectivity index (χ2v) is 8.56. The maximum Gasteiger partial charge on any atom is 0.262 e. The summed E-state index contributed by atoms with van der Waals surface area (Å²) >= 11 is 0. The fourth-order valence-corrected chi connectivity index (χ4v) is 4.17. The van der Waals surface area contributed by atoms with Gasteiger partial charge >= 0.3 is 0 Å². The van der Waals surface area contributed by atoms with Crippen LogP contribution in [0, 0.1) is 11.3 Å². The summed E-state index contributed by atoms with van der Waals surface area (Å²) in [7, 11) is 0. The Balaban J connectivity index is 1.67. The summed E-state index contributed by atoms with van der Waals surface area (Å²) in [5, 5.41) is 17.6. The van der Waals surface area contributed by atoms with Crippen LogP contribution >= 0.6 is 0 Å². The van der Waals surface area contributed by atoms with Crippen LogP contribution in [0.5, 0.6) is 5.75 Å². The Hall–Kier alpha value is -3.85. The van der Waals surface area contributed by atoms with E-state index >= 15 is 0 Å². The predicted molar refractivity (Wildman–Crippen MR) is 133 cm³/mol. The highest BCUT2D eigenvalue weighted by molar-refractivity contribution is 6.02. The molecular formula is C28H30N4O2. The van der Waals surface area contributed by atoms with E-state index in [-0.39, 0.29) is 17.5 Å². The summed E-state index contributed by atoms with van der Waals surface area (Å²) in [6.07, 6.45) is 9.81. The first-order valence-electron chi connectivity index (χ1n) is 12.0. The third-order valence-corrected chi connectivity index (χ3v) is 5.97. The third-order valence-electron chi connectivity index (χ3n) is 5.97. The van der Waals surface area contributed by atoms with Crippen LogP contribution in [0.2, 0.25) is 0 Å². The summed E-state index contributed by atoms with van der Waals surface area (Å²) < 4.78 is 7.48. The zero-order valence-corrected chi connectivity index (χ0v) is 19.5. The smallest absolute Gasteiger partial charge is 0.262 e. The number of hydrogen-bond acceptors (Lipinski definition) is 4. The van der Waals surface area contributed by atoms with Crippen molar-refractivity contribution in [1.82, 2.24) is 15.1 Å². The highest BCUT2D eigenvalue weighted by Crippen LogP contribution is 2.28. The van der Waals surface area contributed by atoms with Crippen molar-refractivity contribution in [2.75, 3.05) is 6.61 Å². The SMILES string of the molecule is CCCOc1ccc(-c2nn(-c3ccccc3)cc2C=C(C#N)C(=O)NC2CCCCC2)cc1. The van der Waals surface area contributed by atoms with Crippen LogP contribution in [0.25, 0.3) is 23.0 Å². The molecule has 6 nitrogen and oxygen atoms in total. The minimum absolute atomic E-state index is 0.0855. The van der Waals surface area contributed by atoms with Gasteiger partial charge < -0.3 is 10.1 Å². The number of carbonyl (C=O) groups excluding carboxylic acids is 1. The fourth-order valence-electron chi connectivity index (χ4n) is 4.17. The Bertz CT molecular complexity index is 1170. The first-order chi connectivity index (χ1) is 16.7. The molecule has 1 aromatic heterocycles. The van der Waals surface area contributed by atoms with Gasteiger partial charge in [-0.2, -0.15) is 10.4 Å². The molecule has 1 heterocycles. The van der Waals surface area contributed by atoms with Crippen molar-refractivity contribution >= 4 is 12.0 Å². The number of rotatable bonds is 8. The molecule has 1 aliphatic rings. The molecule has 34 heavy (non-hydrogen) atoms. The maximum absolute atomic E-state index is 12.9. The molecule has 174 valence electrons. The molecule has 6 heteroatoms. The lowest BCUT2D eigenvalue weighted by molar-refractivity contribution is -0.117. The quantitative estimate of drug-likeness (QED) is 0.351. The number of benzene rings is 2. The summed E-state index contributed by atoms with van der Waals surface area (Å²) in [4.78, 5) is 12.9. The van der Waals surface area contributed by atoms with Crippen molar-refractivity contribution < 1.29 is 9.53 Å². The van der Waals surface area contributed by atoms with E-state index in [9.17, 15) is 10.1 Å². The number of para-hydroxylation sites is 1. The molecule has 1 N–H and O–H groups in total. The summed E-state index contributed by atoms with van der Waals surface area (Å²) in [6.45, 7) is 2.73. The summed E-state index contributed by atoms with van der Waals surface area (Å²) in [5.41, 5.74) is 3.28. The predicted octanol–water partition coefficient (Wildman–Crippen LogP) is 5.68. The molecule has 0 spiro atoms. The lowest BCUT2D eigenvalue weighted by Crippen LogP contribution is -2.36. The van der Waals surface area contributed by atoms with Gasteiger partial charge in [0.1, 0.15) is 17.4 Å². The average molecular weight is 455 g/mol. The van der Waals surface area contributed by atoms with E-state index in [1.807, 2.05) is 60.8 Å². The van der Waals surface area contributed by atoms with E-state index in [0.717, 1.165) is 49.1 Å². The molecule has 0 saturated heterocycles. The summed E-state index contributed by atoms with van der Waals surface area (Å²) in [5.74, 6) is 0.478. The van der Waals surface area contributed by atoms with Crippen molar-refractivity contribution in [3.05, 3.63) is 71.9 Å². The first kappa shape index (κ1) is 23.3. The van der Waals surface area contributed by atoms with E-state index in [0.29, 0.717) is 17.9 Å². The highest BCUT2D eigenvalue weighted by Gasteiger charge is 2.19. The molecular weight excluding hydrogens is 424 g/mol. The molecule has 0 bridgehead atoms. The molecule has 0 atom stereocenters. The van der Waals surface area contributed by atoms with Crippen molar-refractivity contribution in [2.45, 2.75) is 51.5 Å². The van der Waals surface area contributed by atoms with Crippen LogP contribution in [0.15, 0.2) is 66.4 Å². The standard InChI is InChI=1S/C28H30N4O2/c1-2-17-34-26-15-13-21(14-16-26)27-23(20-32(31-27)25-11-7-4-8-12-25)18-22(19-29)28(33)30-24-9-5-3-6-10-24/h4,7-8,11-16,18,20,24H,2-3,5-6,9-10,17H2,1H3,(H,30,33). The Morgan fingerprint density at radius 2 is 1.88 bits per heavy atom. The molecule has 0 radical (unpaired) electrons. The van der Waals surface area contributed by atoms with Gasteiger partial charge in [-0.25, -0.2) is 4.68 Å². The van der Waals surface area contributed by atoms with Gasteiger partial charge in [-0.05, 0) is 61.7 Å². The van der Waals surface area contributed by atoms with Crippen molar-refractivity contribution in [1.29, 1.82) is 5.26 Å². The van der Waals surface area contributed by atoms with Crippen molar-refractivity contribution in [2.24, 2.45) is 0 Å². The first-order valence-corrected chi connectivity index (χ1v) is 12.0. The fraction of sp³-hybridized carbons (Fsp3) is 0.321. The molecule has 1 fully saturated rings. The van der Waals surface area contributed by atoms with Gasteiger partial charge in [0.25, 0.3) is 5.91 Å². The number of nitrogens with zero attached hydrogens (tertiary/aromatic N) is 3. The molecule has 4 rings (SSSR count). The van der Waals surface area contributed by atoms with Gasteiger partial charge in [0.05, 0.1) is 18.0 Å². The van der Waals surface area contributed by atoms with Crippen LogP contribution in [0.3, 0.4) is 0 Å². The van der Waals surface area contributed by atoms with Gasteiger partial charge in [-0.15, -0.1) is 0 Å². The molecule has 0 unspecified atom stereocenters. The van der Waals surface area contributed by atoms with Gasteiger partial charge in [0.15, 0.2) is 0 Å². The van der Waals surface area contributed by atoms with Crippen LogP contribution in [-0.4, -0.2) is 28.3 Å². The normalized spacial score (nSPS) is 14.4. The molecule has 1 amide bonds. The minimum Gasteiger partial charge on any atom is -0.494 e. The van der Waals surface area contributed by atoms with Crippen LogP contribution in [0.4, 0.5) is 0 Å². The van der Waals surface area contributed by atoms with E-state index in [1.165, 1.54) is 6.42 Å². The molecule has 0 aliphatic heterocycles. The molecule has 1 saturated carbocycles.